The van der Waals surface area contributed by atoms with Crippen LogP contribution in [0.15, 0.2) is 48.5 Å². The van der Waals surface area contributed by atoms with Gasteiger partial charge in [-0.3, -0.25) is 4.79 Å². The molecule has 0 unspecified atom stereocenters. The highest BCUT2D eigenvalue weighted by molar-refractivity contribution is 6.61. The molecule has 0 atom stereocenters. The lowest BCUT2D eigenvalue weighted by Gasteiger charge is -2.13. The van der Waals surface area contributed by atoms with Crippen LogP contribution < -0.4 is 10.6 Å². The molecule has 0 saturated heterocycles. The van der Waals surface area contributed by atoms with E-state index in [0.29, 0.717) is 6.54 Å². The Kier molecular flexibility index (Phi) is 8.29. The van der Waals surface area contributed by atoms with Gasteiger partial charge in [0, 0.05) is 23.9 Å². The van der Waals surface area contributed by atoms with Crippen LogP contribution in [0.5, 0.6) is 0 Å². The molecule has 0 aliphatic carbocycles. The Labute approximate surface area is 186 Å². The maximum Gasteiger partial charge on any atom is 0.462 e. The molecular formula is C24H27N5O3. The van der Waals surface area contributed by atoms with Crippen molar-refractivity contribution < 1.29 is 19.1 Å². The van der Waals surface area contributed by atoms with Crippen LogP contribution in [0.4, 0.5) is 5.69 Å². The summed E-state index contributed by atoms with van der Waals surface area (Å²) in [7, 11) is 0. The van der Waals surface area contributed by atoms with Crippen LogP contribution in [-0.2, 0) is 14.3 Å². The lowest BCUT2D eigenvalue weighted by Crippen LogP contribution is -2.38. The summed E-state index contributed by atoms with van der Waals surface area (Å²) in [5.41, 5.74) is 11.2. The first-order valence-corrected chi connectivity index (χ1v) is 10.8. The van der Waals surface area contributed by atoms with Crippen molar-refractivity contribution in [2.45, 2.75) is 32.6 Å². The van der Waals surface area contributed by atoms with Gasteiger partial charge >= 0.3 is 17.6 Å². The number of carbonyl (C=O) groups is 2. The lowest BCUT2D eigenvalue weighted by molar-refractivity contribution is -0.142. The number of amides is 1. The van der Waals surface area contributed by atoms with E-state index in [-0.39, 0.29) is 6.61 Å². The van der Waals surface area contributed by atoms with Crippen molar-refractivity contribution in [1.29, 1.82) is 0 Å². The predicted octanol–water partition coefficient (Wildman–Crippen LogP) is 3.71. The molecule has 3 aromatic rings. The molecule has 0 spiro atoms. The number of fused-ring (bicyclic) bond motifs is 2. The number of pyridine rings is 1. The first-order chi connectivity index (χ1) is 15.7. The van der Waals surface area contributed by atoms with Crippen molar-refractivity contribution in [2.24, 2.45) is 0 Å². The van der Waals surface area contributed by atoms with Crippen LogP contribution in [0.2, 0.25) is 0 Å². The average molecular weight is 434 g/mol. The first kappa shape index (κ1) is 22.9. The molecule has 8 heteroatoms. The largest absolute Gasteiger partial charge is 0.462 e. The summed E-state index contributed by atoms with van der Waals surface area (Å²) >= 11 is 0. The van der Waals surface area contributed by atoms with Gasteiger partial charge in [0.1, 0.15) is 0 Å². The molecule has 3 rings (SSSR count). The number of unbranched alkanes of at least 4 members (excludes halogenated alkanes) is 3. The number of rotatable bonds is 11. The van der Waals surface area contributed by atoms with Crippen molar-refractivity contribution in [2.75, 3.05) is 25.0 Å². The number of esters is 1. The number of ether oxygens (including phenoxy) is 1. The molecule has 0 saturated carbocycles. The third-order valence-corrected chi connectivity index (χ3v) is 5.06. The first-order valence-electron chi connectivity index (χ1n) is 10.8. The van der Waals surface area contributed by atoms with Gasteiger partial charge in [-0.2, -0.15) is 4.79 Å². The second kappa shape index (κ2) is 11.6. The van der Waals surface area contributed by atoms with E-state index in [1.54, 1.807) is 6.92 Å². The Hall–Kier alpha value is -3.77. The zero-order chi connectivity index (χ0) is 22.8. The summed E-state index contributed by atoms with van der Waals surface area (Å²) in [5.74, 6) is -1.67. The number of aromatic nitrogens is 1. The number of nitrogens with zero attached hydrogens (tertiary/aromatic N) is 3. The molecule has 2 N–H and O–H groups in total. The van der Waals surface area contributed by atoms with Crippen molar-refractivity contribution in [1.82, 2.24) is 10.3 Å². The van der Waals surface area contributed by atoms with Gasteiger partial charge in [0.05, 0.1) is 23.3 Å². The van der Waals surface area contributed by atoms with Crippen molar-refractivity contribution in [3.63, 3.8) is 0 Å². The van der Waals surface area contributed by atoms with Gasteiger partial charge in [-0.25, -0.2) is 9.78 Å². The normalized spacial score (nSPS) is 10.5. The van der Waals surface area contributed by atoms with Gasteiger partial charge in [-0.1, -0.05) is 49.2 Å². The number of anilines is 1. The Bertz CT molecular complexity index is 1100. The minimum Gasteiger partial charge on any atom is -0.457 e. The Morgan fingerprint density at radius 2 is 1.53 bits per heavy atom. The van der Waals surface area contributed by atoms with Gasteiger partial charge in [-0.05, 0) is 31.9 Å². The van der Waals surface area contributed by atoms with Crippen LogP contribution in [0, 0.1) is 0 Å². The van der Waals surface area contributed by atoms with Crippen molar-refractivity contribution in [3.05, 3.63) is 54.1 Å². The maximum absolute atomic E-state index is 11.9. The lowest BCUT2D eigenvalue weighted by atomic mass is 10.1. The molecule has 32 heavy (non-hydrogen) atoms. The molecule has 8 nitrogen and oxygen atoms in total. The van der Waals surface area contributed by atoms with Gasteiger partial charge in [-0.15, -0.1) is 0 Å². The Morgan fingerprint density at radius 1 is 0.938 bits per heavy atom. The molecule has 1 aromatic heterocycles. The van der Waals surface area contributed by atoms with E-state index in [2.05, 4.69) is 32.3 Å². The number of nitrogens with one attached hydrogen (secondary N) is 2. The summed E-state index contributed by atoms with van der Waals surface area (Å²) in [4.78, 5) is 30.9. The third-order valence-electron chi connectivity index (χ3n) is 5.06. The molecule has 0 bridgehead atoms. The average Bonchev–Trinajstić information content (AvgIpc) is 2.80. The van der Waals surface area contributed by atoms with Gasteiger partial charge in [0.15, 0.2) is 0 Å². The highest BCUT2D eigenvalue weighted by Crippen LogP contribution is 2.30. The van der Waals surface area contributed by atoms with Crippen LogP contribution in [0.3, 0.4) is 0 Å². The second-order valence-corrected chi connectivity index (χ2v) is 7.29. The minimum atomic E-state index is -0.935. The van der Waals surface area contributed by atoms with Crippen LogP contribution in [0.1, 0.15) is 32.6 Å². The zero-order valence-electron chi connectivity index (χ0n) is 18.1. The van der Waals surface area contributed by atoms with Crippen molar-refractivity contribution >= 4 is 45.1 Å². The van der Waals surface area contributed by atoms with Gasteiger partial charge in [0.25, 0.3) is 0 Å². The molecule has 166 valence electrons. The number of benzene rings is 2. The fraction of sp³-hybridized carbons (Fsp3) is 0.333. The maximum atomic E-state index is 11.9. The molecule has 1 heterocycles. The van der Waals surface area contributed by atoms with E-state index in [0.717, 1.165) is 59.7 Å². The molecule has 0 aliphatic heterocycles. The smallest absolute Gasteiger partial charge is 0.457 e. The van der Waals surface area contributed by atoms with E-state index < -0.39 is 17.6 Å². The van der Waals surface area contributed by atoms with E-state index in [4.69, 9.17) is 10.5 Å². The molecule has 0 fully saturated rings. The summed E-state index contributed by atoms with van der Waals surface area (Å²) in [5, 5.41) is 8.38. The SMILES string of the molecule is CCOC(=O)C(=[N+]=[N-])C(=O)NCCCCCCNc1c2ccccc2nc2ccccc12. The molecular weight excluding hydrogens is 406 g/mol. The number of para-hydroxylation sites is 2. The minimum absolute atomic E-state index is 0.101. The summed E-state index contributed by atoms with van der Waals surface area (Å²) in [6.45, 7) is 2.93. The van der Waals surface area contributed by atoms with Crippen LogP contribution in [0.25, 0.3) is 27.3 Å². The number of hydrogen-bond donors (Lipinski definition) is 2. The molecule has 0 radical (unpaired) electrons. The molecule has 2 aromatic carbocycles. The summed E-state index contributed by atoms with van der Waals surface area (Å²) in [6.07, 6.45) is 3.65. The third kappa shape index (κ3) is 5.68. The number of hydrogen-bond acceptors (Lipinski definition) is 5. The quantitative estimate of drug-likeness (QED) is 0.0909. The second-order valence-electron chi connectivity index (χ2n) is 7.29. The summed E-state index contributed by atoms with van der Waals surface area (Å²) < 4.78 is 4.68. The Morgan fingerprint density at radius 3 is 2.12 bits per heavy atom. The molecule has 0 aliphatic rings. The molecule has 1 amide bonds. The standard InChI is InChI=1S/C24H27N5O3/c1-2-32-24(31)22(29-25)23(30)27-16-10-4-3-9-15-26-21-17-11-5-7-13-19(17)28-20-14-8-6-12-18(20)21/h5-8,11-14H,2-4,9-10,15-16H2,1H3,(H,26,28)(H,27,30). The van der Waals surface area contributed by atoms with Crippen LogP contribution >= 0.6 is 0 Å². The predicted molar refractivity (Wildman–Crippen MR) is 124 cm³/mol. The monoisotopic (exact) mass is 433 g/mol. The van der Waals surface area contributed by atoms with Gasteiger partial charge < -0.3 is 20.9 Å². The van der Waals surface area contributed by atoms with E-state index >= 15 is 0 Å². The zero-order valence-corrected chi connectivity index (χ0v) is 18.1. The van der Waals surface area contributed by atoms with Crippen LogP contribution in [-0.4, -0.2) is 47.1 Å². The number of carbonyl (C=O) groups excluding carboxylic acids is 2. The van der Waals surface area contributed by atoms with E-state index in [1.165, 1.54) is 0 Å². The van der Waals surface area contributed by atoms with E-state index in [1.807, 2.05) is 36.4 Å². The fourth-order valence-electron chi connectivity index (χ4n) is 3.51. The van der Waals surface area contributed by atoms with Crippen molar-refractivity contribution in [3.8, 4) is 0 Å². The highest BCUT2D eigenvalue weighted by Gasteiger charge is 2.30. The summed E-state index contributed by atoms with van der Waals surface area (Å²) in [6, 6.07) is 16.2. The van der Waals surface area contributed by atoms with E-state index in [9.17, 15) is 9.59 Å². The Balaban J connectivity index is 1.44. The fourth-order valence-corrected chi connectivity index (χ4v) is 3.51. The topological polar surface area (TPSA) is 117 Å². The highest BCUT2D eigenvalue weighted by atomic mass is 16.5. The van der Waals surface area contributed by atoms with Gasteiger partial charge in [0.2, 0.25) is 0 Å².